The van der Waals surface area contributed by atoms with Crippen LogP contribution < -0.4 is 0 Å². The maximum atomic E-state index is 11.7. The van der Waals surface area contributed by atoms with Gasteiger partial charge in [-0.3, -0.25) is 4.79 Å². The highest BCUT2D eigenvalue weighted by Gasteiger charge is 2.46. The van der Waals surface area contributed by atoms with E-state index in [-0.39, 0.29) is 0 Å². The predicted molar refractivity (Wildman–Crippen MR) is 79.6 cm³/mol. The zero-order valence-corrected chi connectivity index (χ0v) is 14.0. The minimum Gasteiger partial charge on any atom is -0.481 e. The molecule has 0 spiro atoms. The molecule has 0 unspecified atom stereocenters. The van der Waals surface area contributed by atoms with E-state index in [1.54, 1.807) is 0 Å². The molecule has 1 aliphatic carbocycles. The molecular formula is C15H30O2Si. The molecule has 0 aromatic rings. The highest BCUT2D eigenvalue weighted by atomic mass is 28.3. The number of carboxylic acids is 1. The van der Waals surface area contributed by atoms with Crippen molar-refractivity contribution in [1.82, 2.24) is 0 Å². The van der Waals surface area contributed by atoms with Crippen molar-refractivity contribution in [3.8, 4) is 0 Å². The molecule has 0 amide bonds. The first kappa shape index (κ1) is 15.7. The lowest BCUT2D eigenvalue weighted by molar-refractivity contribution is -0.151. The van der Waals surface area contributed by atoms with Crippen LogP contribution in [0, 0.1) is 16.7 Å². The zero-order chi connectivity index (χ0) is 14.2. The highest BCUT2D eigenvalue weighted by molar-refractivity contribution is 6.76. The second-order valence-electron chi connectivity index (χ2n) is 8.46. The van der Waals surface area contributed by atoms with Gasteiger partial charge in [0.05, 0.1) is 5.41 Å². The van der Waals surface area contributed by atoms with Crippen LogP contribution >= 0.6 is 0 Å². The molecule has 18 heavy (non-hydrogen) atoms. The maximum Gasteiger partial charge on any atom is 0.309 e. The van der Waals surface area contributed by atoms with Gasteiger partial charge in [-0.25, -0.2) is 0 Å². The minimum atomic E-state index is -1.33. The van der Waals surface area contributed by atoms with Gasteiger partial charge in [-0.2, -0.15) is 0 Å². The Hall–Kier alpha value is -0.313. The summed E-state index contributed by atoms with van der Waals surface area (Å²) in [6, 6.07) is 0.937. The number of aliphatic carboxylic acids is 1. The van der Waals surface area contributed by atoms with E-state index in [1.807, 2.05) is 0 Å². The van der Waals surface area contributed by atoms with Crippen LogP contribution in [0.15, 0.2) is 0 Å². The largest absolute Gasteiger partial charge is 0.481 e. The van der Waals surface area contributed by atoms with E-state index in [0.29, 0.717) is 11.3 Å². The Morgan fingerprint density at radius 3 is 1.94 bits per heavy atom. The summed E-state index contributed by atoms with van der Waals surface area (Å²) in [6.45, 7) is 13.7. The van der Waals surface area contributed by atoms with Gasteiger partial charge < -0.3 is 5.11 Å². The van der Waals surface area contributed by atoms with Gasteiger partial charge in [0.25, 0.3) is 0 Å². The average Bonchev–Trinajstić information content (AvgIpc) is 2.13. The van der Waals surface area contributed by atoms with Crippen molar-refractivity contribution in [3.05, 3.63) is 0 Å². The lowest BCUT2D eigenvalue weighted by Crippen LogP contribution is -2.43. The monoisotopic (exact) mass is 270 g/mol. The quantitative estimate of drug-likeness (QED) is 0.759. The Morgan fingerprint density at radius 2 is 1.67 bits per heavy atom. The van der Waals surface area contributed by atoms with Gasteiger partial charge in [0, 0.05) is 8.07 Å². The number of rotatable bonds is 3. The molecule has 0 aliphatic heterocycles. The summed E-state index contributed by atoms with van der Waals surface area (Å²) in [5, 5.41) is 9.66. The van der Waals surface area contributed by atoms with Crippen LogP contribution in [0.3, 0.4) is 0 Å². The third-order valence-corrected chi connectivity index (χ3v) is 6.23. The maximum absolute atomic E-state index is 11.7. The summed E-state index contributed by atoms with van der Waals surface area (Å²) < 4.78 is 0. The van der Waals surface area contributed by atoms with Crippen molar-refractivity contribution in [2.75, 3.05) is 0 Å². The van der Waals surface area contributed by atoms with E-state index in [4.69, 9.17) is 0 Å². The van der Waals surface area contributed by atoms with E-state index in [2.05, 4.69) is 40.4 Å². The first-order chi connectivity index (χ1) is 7.96. The molecule has 0 aromatic carbocycles. The molecule has 1 fully saturated rings. The smallest absolute Gasteiger partial charge is 0.309 e. The van der Waals surface area contributed by atoms with Crippen molar-refractivity contribution in [2.45, 2.75) is 72.1 Å². The van der Waals surface area contributed by atoms with Crippen molar-refractivity contribution in [3.63, 3.8) is 0 Å². The van der Waals surface area contributed by atoms with E-state index in [9.17, 15) is 9.90 Å². The normalized spacial score (nSPS) is 30.2. The summed E-state index contributed by atoms with van der Waals surface area (Å²) in [6.07, 6.45) is 3.93. The second kappa shape index (κ2) is 4.99. The van der Waals surface area contributed by atoms with Gasteiger partial charge in [0.1, 0.15) is 0 Å². The van der Waals surface area contributed by atoms with Gasteiger partial charge >= 0.3 is 5.97 Å². The topological polar surface area (TPSA) is 37.3 Å². The number of carbonyl (C=O) groups is 1. The van der Waals surface area contributed by atoms with E-state index in [1.165, 1.54) is 0 Å². The highest BCUT2D eigenvalue weighted by Crippen LogP contribution is 2.49. The summed E-state index contributed by atoms with van der Waals surface area (Å²) in [4.78, 5) is 11.7. The molecule has 0 aromatic heterocycles. The Kier molecular flexibility index (Phi) is 4.36. The average molecular weight is 270 g/mol. The van der Waals surface area contributed by atoms with Crippen LogP contribution in [0.2, 0.25) is 25.7 Å². The van der Waals surface area contributed by atoms with E-state index >= 15 is 0 Å². The standard InChI is InChI=1S/C15H30O2Si/c1-14(2,3)12-7-9-15(10-8-12,13(16)17)11-18(4,5)6/h12H,7-11H2,1-6H3,(H,16,17). The number of carboxylic acid groups (broad SMARTS) is 1. The molecule has 1 aliphatic rings. The molecular weight excluding hydrogens is 240 g/mol. The molecule has 1 saturated carbocycles. The molecule has 0 saturated heterocycles. The molecule has 0 heterocycles. The third-order valence-electron chi connectivity index (χ3n) is 4.49. The van der Waals surface area contributed by atoms with Crippen molar-refractivity contribution < 1.29 is 9.90 Å². The summed E-state index contributed by atoms with van der Waals surface area (Å²) in [5.41, 5.74) is -0.0873. The molecule has 1 N–H and O–H groups in total. The Labute approximate surface area is 113 Å². The SMILES string of the molecule is CC(C)(C)C1CCC(C[Si](C)(C)C)(C(=O)O)CC1. The lowest BCUT2D eigenvalue weighted by atomic mass is 9.64. The number of hydrogen-bond acceptors (Lipinski definition) is 1. The van der Waals surface area contributed by atoms with E-state index < -0.39 is 19.5 Å². The molecule has 2 nitrogen and oxygen atoms in total. The molecule has 0 atom stereocenters. The van der Waals surface area contributed by atoms with Gasteiger partial charge in [-0.05, 0) is 43.1 Å². The summed E-state index contributed by atoms with van der Waals surface area (Å²) >= 11 is 0. The lowest BCUT2D eigenvalue weighted by Gasteiger charge is -2.43. The zero-order valence-electron chi connectivity index (χ0n) is 13.0. The van der Waals surface area contributed by atoms with Crippen molar-refractivity contribution >= 4 is 14.0 Å². The summed E-state index contributed by atoms with van der Waals surface area (Å²) in [7, 11) is -1.33. The van der Waals surface area contributed by atoms with Crippen LogP contribution in [-0.2, 0) is 4.79 Å². The fraction of sp³-hybridized carbons (Fsp3) is 0.933. The van der Waals surface area contributed by atoms with Gasteiger partial charge in [0.2, 0.25) is 0 Å². The molecule has 106 valence electrons. The molecule has 3 heteroatoms. The van der Waals surface area contributed by atoms with Crippen LogP contribution in [0.4, 0.5) is 0 Å². The molecule has 0 bridgehead atoms. The summed E-state index contributed by atoms with van der Waals surface area (Å²) in [5.74, 6) is 0.142. The minimum absolute atomic E-state index is 0.323. The van der Waals surface area contributed by atoms with Gasteiger partial charge in [-0.15, -0.1) is 0 Å². The van der Waals surface area contributed by atoms with E-state index in [0.717, 1.165) is 31.7 Å². The first-order valence-corrected chi connectivity index (χ1v) is 10.9. The fourth-order valence-corrected chi connectivity index (χ4v) is 6.05. The first-order valence-electron chi connectivity index (χ1n) is 7.20. The third kappa shape index (κ3) is 3.84. The van der Waals surface area contributed by atoms with Crippen molar-refractivity contribution in [2.24, 2.45) is 16.7 Å². The predicted octanol–water partition coefficient (Wildman–Crippen LogP) is 4.63. The Balaban J connectivity index is 2.78. The number of hydrogen-bond donors (Lipinski definition) is 1. The molecule has 1 rings (SSSR count). The second-order valence-corrected chi connectivity index (χ2v) is 13.9. The van der Waals surface area contributed by atoms with Crippen LogP contribution in [-0.4, -0.2) is 19.1 Å². The van der Waals surface area contributed by atoms with Crippen LogP contribution in [0.1, 0.15) is 46.5 Å². The van der Waals surface area contributed by atoms with Crippen LogP contribution in [0.25, 0.3) is 0 Å². The van der Waals surface area contributed by atoms with Crippen molar-refractivity contribution in [1.29, 1.82) is 0 Å². The molecule has 0 radical (unpaired) electrons. The Morgan fingerprint density at radius 1 is 1.22 bits per heavy atom. The fourth-order valence-electron chi connectivity index (χ4n) is 3.52. The van der Waals surface area contributed by atoms with Gasteiger partial charge in [0.15, 0.2) is 0 Å². The van der Waals surface area contributed by atoms with Crippen LogP contribution in [0.5, 0.6) is 0 Å². The van der Waals surface area contributed by atoms with Gasteiger partial charge in [-0.1, -0.05) is 40.4 Å². The Bertz CT molecular complexity index is 301.